The van der Waals surface area contributed by atoms with E-state index in [1.54, 1.807) is 0 Å². The second kappa shape index (κ2) is 5.60. The molecule has 1 aliphatic rings. The zero-order valence-corrected chi connectivity index (χ0v) is 12.5. The molecule has 0 amide bonds. The number of carbonyl (C=O) groups excluding carboxylic acids is 1. The lowest BCUT2D eigenvalue weighted by Gasteiger charge is -2.42. The van der Waals surface area contributed by atoms with Crippen molar-refractivity contribution in [2.45, 2.75) is 78.9 Å². The zero-order chi connectivity index (χ0) is 14.0. The summed E-state index contributed by atoms with van der Waals surface area (Å²) >= 11 is 0. The summed E-state index contributed by atoms with van der Waals surface area (Å²) in [5.74, 6) is -0.264. The Morgan fingerprint density at radius 2 is 1.94 bits per heavy atom. The summed E-state index contributed by atoms with van der Waals surface area (Å²) in [7, 11) is 0. The van der Waals surface area contributed by atoms with Crippen molar-refractivity contribution in [2.75, 3.05) is 0 Å². The molecule has 0 unspecified atom stereocenters. The van der Waals surface area contributed by atoms with Gasteiger partial charge in [0.25, 0.3) is 0 Å². The van der Waals surface area contributed by atoms with Crippen LogP contribution in [0.5, 0.6) is 0 Å². The van der Waals surface area contributed by atoms with Crippen molar-refractivity contribution in [2.24, 2.45) is 10.8 Å². The van der Waals surface area contributed by atoms with Crippen LogP contribution >= 0.6 is 0 Å². The third-order valence-electron chi connectivity index (χ3n) is 3.89. The molecular formula is C15H28O3. The quantitative estimate of drug-likeness (QED) is 0.768. The van der Waals surface area contributed by atoms with E-state index in [0.717, 1.165) is 12.8 Å². The van der Waals surface area contributed by atoms with Crippen molar-refractivity contribution in [3.05, 3.63) is 0 Å². The van der Waals surface area contributed by atoms with Crippen LogP contribution in [0.25, 0.3) is 0 Å². The van der Waals surface area contributed by atoms with Crippen molar-refractivity contribution >= 4 is 5.97 Å². The van der Waals surface area contributed by atoms with Crippen LogP contribution in [0.3, 0.4) is 0 Å². The van der Waals surface area contributed by atoms with Crippen LogP contribution in [-0.4, -0.2) is 23.3 Å². The van der Waals surface area contributed by atoms with Crippen molar-refractivity contribution in [1.29, 1.82) is 0 Å². The number of hydrogen-bond donors (Lipinski definition) is 1. The minimum absolute atomic E-state index is 0.0876. The number of ether oxygens (including phenoxy) is 1. The van der Waals surface area contributed by atoms with Crippen molar-refractivity contribution in [3.8, 4) is 0 Å². The van der Waals surface area contributed by atoms with E-state index in [2.05, 4.69) is 34.6 Å². The fourth-order valence-electron chi connectivity index (χ4n) is 3.37. The average molecular weight is 256 g/mol. The summed E-state index contributed by atoms with van der Waals surface area (Å²) in [6.07, 6.45) is 3.34. The van der Waals surface area contributed by atoms with Gasteiger partial charge in [-0.3, -0.25) is 4.79 Å². The maximum absolute atomic E-state index is 11.4. The van der Waals surface area contributed by atoms with Gasteiger partial charge in [-0.05, 0) is 18.3 Å². The standard InChI is InChI=1S/C15H28O3/c1-6-7-14(2,3)10-15(4,5)12-8-11(16)9-13(17)18-12/h11-12,16H,6-10H2,1-5H3/t11-,12+/m1/s1. The Morgan fingerprint density at radius 3 is 2.44 bits per heavy atom. The van der Waals surface area contributed by atoms with Gasteiger partial charge in [0, 0.05) is 11.8 Å². The molecule has 1 heterocycles. The summed E-state index contributed by atoms with van der Waals surface area (Å²) in [6.45, 7) is 11.0. The summed E-state index contributed by atoms with van der Waals surface area (Å²) in [5.41, 5.74) is 0.156. The maximum Gasteiger partial charge on any atom is 0.308 e. The maximum atomic E-state index is 11.4. The molecule has 0 spiro atoms. The average Bonchev–Trinajstić information content (AvgIpc) is 2.13. The summed E-state index contributed by atoms with van der Waals surface area (Å²) in [6, 6.07) is 0. The lowest BCUT2D eigenvalue weighted by molar-refractivity contribution is -0.170. The third-order valence-corrected chi connectivity index (χ3v) is 3.89. The lowest BCUT2D eigenvalue weighted by atomic mass is 9.69. The van der Waals surface area contributed by atoms with Crippen LogP contribution in [0.1, 0.15) is 66.7 Å². The molecule has 106 valence electrons. The molecule has 0 aliphatic carbocycles. The van der Waals surface area contributed by atoms with E-state index in [1.807, 2.05) is 0 Å². The van der Waals surface area contributed by atoms with E-state index in [-0.39, 0.29) is 29.3 Å². The van der Waals surface area contributed by atoms with E-state index in [0.29, 0.717) is 6.42 Å². The molecule has 1 N–H and O–H groups in total. The predicted octanol–water partition coefficient (Wildman–Crippen LogP) is 3.30. The van der Waals surface area contributed by atoms with Gasteiger partial charge in [0.05, 0.1) is 12.5 Å². The van der Waals surface area contributed by atoms with Crippen molar-refractivity contribution in [1.82, 2.24) is 0 Å². The normalized spacial score (nSPS) is 26.0. The monoisotopic (exact) mass is 256 g/mol. The molecule has 1 rings (SSSR count). The molecule has 0 radical (unpaired) electrons. The van der Waals surface area contributed by atoms with E-state index < -0.39 is 6.10 Å². The molecule has 0 bridgehead atoms. The highest BCUT2D eigenvalue weighted by Crippen LogP contribution is 2.42. The Bertz CT molecular complexity index is 294. The van der Waals surface area contributed by atoms with Crippen LogP contribution in [0.15, 0.2) is 0 Å². The van der Waals surface area contributed by atoms with Crippen LogP contribution in [-0.2, 0) is 9.53 Å². The topological polar surface area (TPSA) is 46.5 Å². The molecule has 0 aromatic carbocycles. The fourth-order valence-corrected chi connectivity index (χ4v) is 3.37. The first-order valence-corrected chi connectivity index (χ1v) is 7.04. The largest absolute Gasteiger partial charge is 0.462 e. The van der Waals surface area contributed by atoms with Gasteiger partial charge < -0.3 is 9.84 Å². The Hall–Kier alpha value is -0.570. The molecule has 2 atom stereocenters. The minimum Gasteiger partial charge on any atom is -0.462 e. The second-order valence-corrected chi connectivity index (χ2v) is 7.15. The number of hydrogen-bond acceptors (Lipinski definition) is 3. The van der Waals surface area contributed by atoms with Crippen LogP contribution in [0.2, 0.25) is 0 Å². The van der Waals surface area contributed by atoms with Gasteiger partial charge in [-0.15, -0.1) is 0 Å². The first-order valence-electron chi connectivity index (χ1n) is 7.04. The second-order valence-electron chi connectivity index (χ2n) is 7.15. The van der Waals surface area contributed by atoms with E-state index in [4.69, 9.17) is 4.74 Å². The van der Waals surface area contributed by atoms with Gasteiger partial charge >= 0.3 is 5.97 Å². The Morgan fingerprint density at radius 1 is 1.33 bits per heavy atom. The SMILES string of the molecule is CCCC(C)(C)CC(C)(C)[C@@H]1C[C@@H](O)CC(=O)O1. The lowest BCUT2D eigenvalue weighted by Crippen LogP contribution is -2.43. The molecular weight excluding hydrogens is 228 g/mol. The number of rotatable bonds is 5. The highest BCUT2D eigenvalue weighted by molar-refractivity contribution is 5.71. The number of carbonyl (C=O) groups is 1. The van der Waals surface area contributed by atoms with Gasteiger partial charge in [-0.1, -0.05) is 41.0 Å². The molecule has 18 heavy (non-hydrogen) atoms. The van der Waals surface area contributed by atoms with Crippen molar-refractivity contribution in [3.63, 3.8) is 0 Å². The smallest absolute Gasteiger partial charge is 0.308 e. The van der Waals surface area contributed by atoms with E-state index in [1.165, 1.54) is 6.42 Å². The van der Waals surface area contributed by atoms with E-state index in [9.17, 15) is 9.90 Å². The van der Waals surface area contributed by atoms with Gasteiger partial charge in [0.1, 0.15) is 6.10 Å². The Kier molecular flexibility index (Phi) is 4.82. The van der Waals surface area contributed by atoms with Gasteiger partial charge in [-0.25, -0.2) is 0 Å². The molecule has 3 nitrogen and oxygen atoms in total. The highest BCUT2D eigenvalue weighted by Gasteiger charge is 2.41. The van der Waals surface area contributed by atoms with Crippen LogP contribution in [0.4, 0.5) is 0 Å². The number of aliphatic hydroxyl groups is 1. The minimum atomic E-state index is -0.537. The molecule has 3 heteroatoms. The highest BCUT2D eigenvalue weighted by atomic mass is 16.5. The summed E-state index contributed by atoms with van der Waals surface area (Å²) < 4.78 is 5.45. The first kappa shape index (κ1) is 15.5. The molecule has 1 fully saturated rings. The van der Waals surface area contributed by atoms with Crippen molar-refractivity contribution < 1.29 is 14.6 Å². The molecule has 0 aromatic rings. The van der Waals surface area contributed by atoms with Gasteiger partial charge in [0.2, 0.25) is 0 Å². The van der Waals surface area contributed by atoms with Crippen LogP contribution < -0.4 is 0 Å². The van der Waals surface area contributed by atoms with Crippen LogP contribution in [0, 0.1) is 10.8 Å². The molecule has 1 aliphatic heterocycles. The van der Waals surface area contributed by atoms with Gasteiger partial charge in [0.15, 0.2) is 0 Å². The van der Waals surface area contributed by atoms with Gasteiger partial charge in [-0.2, -0.15) is 0 Å². The molecule has 0 aromatic heterocycles. The third kappa shape index (κ3) is 4.27. The van der Waals surface area contributed by atoms with E-state index >= 15 is 0 Å². The summed E-state index contributed by atoms with van der Waals surface area (Å²) in [5, 5.41) is 9.71. The molecule has 1 saturated heterocycles. The fraction of sp³-hybridized carbons (Fsp3) is 0.933. The Labute approximate surface area is 111 Å². The number of cyclic esters (lactones) is 1. The summed E-state index contributed by atoms with van der Waals surface area (Å²) in [4.78, 5) is 11.4. The molecule has 0 saturated carbocycles. The number of aliphatic hydroxyl groups excluding tert-OH is 1. The zero-order valence-electron chi connectivity index (χ0n) is 12.5. The predicted molar refractivity (Wildman–Crippen MR) is 72.2 cm³/mol. The number of esters is 1. The Balaban J connectivity index is 2.70. The first-order chi connectivity index (χ1) is 8.16.